The van der Waals surface area contributed by atoms with Crippen LogP contribution in [0.2, 0.25) is 0 Å². The van der Waals surface area contributed by atoms with Crippen molar-refractivity contribution in [3.63, 3.8) is 0 Å². The molecule has 1 aromatic carbocycles. The second-order valence-corrected chi connectivity index (χ2v) is 5.13. The summed E-state index contributed by atoms with van der Waals surface area (Å²) in [6.45, 7) is 5.78. The van der Waals surface area contributed by atoms with Crippen molar-refractivity contribution in [1.82, 2.24) is 9.97 Å². The van der Waals surface area contributed by atoms with Crippen molar-refractivity contribution in [2.45, 2.75) is 26.7 Å². The minimum absolute atomic E-state index is 0.661. The second-order valence-electron chi connectivity index (χ2n) is 5.13. The number of aryl methyl sites for hydroxylation is 1. The van der Waals surface area contributed by atoms with E-state index >= 15 is 0 Å². The summed E-state index contributed by atoms with van der Waals surface area (Å²) < 4.78 is 5.36. The lowest BCUT2D eigenvalue weighted by atomic mass is 10.1. The van der Waals surface area contributed by atoms with E-state index in [-0.39, 0.29) is 0 Å². The third-order valence-corrected chi connectivity index (χ3v) is 3.28. The van der Waals surface area contributed by atoms with Crippen LogP contribution in [0.15, 0.2) is 30.3 Å². The zero-order chi connectivity index (χ0) is 15.8. The maximum Gasteiger partial charge on any atom is 0.224 e. The predicted octanol–water partition coefficient (Wildman–Crippen LogP) is 3.27. The number of hydrogen-bond donors (Lipinski definition) is 2. The average molecular weight is 300 g/mol. The molecule has 0 saturated carbocycles. The zero-order valence-corrected chi connectivity index (χ0v) is 13.5. The van der Waals surface area contributed by atoms with Crippen molar-refractivity contribution in [2.75, 3.05) is 30.8 Å². The summed E-state index contributed by atoms with van der Waals surface area (Å²) in [5.41, 5.74) is 2.13. The van der Waals surface area contributed by atoms with Crippen molar-refractivity contribution >= 4 is 11.8 Å². The topological polar surface area (TPSA) is 59.1 Å². The molecule has 1 heterocycles. The lowest BCUT2D eigenvalue weighted by Gasteiger charge is -2.11. The number of para-hydroxylation sites is 1. The normalized spacial score (nSPS) is 10.3. The van der Waals surface area contributed by atoms with Crippen LogP contribution in [0.1, 0.15) is 24.6 Å². The molecule has 118 valence electrons. The lowest BCUT2D eigenvalue weighted by molar-refractivity contribution is 0.410. The Labute approximate surface area is 132 Å². The first kappa shape index (κ1) is 16.1. The third-order valence-electron chi connectivity index (χ3n) is 3.28. The fourth-order valence-electron chi connectivity index (χ4n) is 2.21. The van der Waals surface area contributed by atoms with Gasteiger partial charge in [0.25, 0.3) is 0 Å². The molecule has 0 unspecified atom stereocenters. The Hall–Kier alpha value is -2.30. The number of nitrogens with zero attached hydrogens (tertiary/aromatic N) is 2. The van der Waals surface area contributed by atoms with E-state index in [1.165, 1.54) is 5.56 Å². The van der Waals surface area contributed by atoms with Crippen molar-refractivity contribution in [1.29, 1.82) is 0 Å². The molecular weight excluding hydrogens is 276 g/mol. The highest BCUT2D eigenvalue weighted by Gasteiger charge is 2.04. The molecule has 2 aromatic rings. The fourth-order valence-corrected chi connectivity index (χ4v) is 2.21. The van der Waals surface area contributed by atoms with E-state index in [1.807, 2.05) is 31.2 Å². The Bertz CT molecular complexity index is 601. The van der Waals surface area contributed by atoms with E-state index in [2.05, 4.69) is 33.6 Å². The van der Waals surface area contributed by atoms with Gasteiger partial charge < -0.3 is 15.4 Å². The molecule has 0 bridgehead atoms. The first-order valence-corrected chi connectivity index (χ1v) is 7.68. The quantitative estimate of drug-likeness (QED) is 0.783. The van der Waals surface area contributed by atoms with E-state index in [0.717, 1.165) is 43.2 Å². The van der Waals surface area contributed by atoms with Crippen molar-refractivity contribution in [3.8, 4) is 5.75 Å². The number of ether oxygens (including phenoxy) is 1. The molecule has 5 nitrogen and oxygen atoms in total. The molecular formula is C17H24N4O. The summed E-state index contributed by atoms with van der Waals surface area (Å²) in [5.74, 6) is 2.45. The van der Waals surface area contributed by atoms with Gasteiger partial charge in [-0.25, -0.2) is 4.98 Å². The monoisotopic (exact) mass is 300 g/mol. The van der Waals surface area contributed by atoms with Crippen LogP contribution in [0.3, 0.4) is 0 Å². The Morgan fingerprint density at radius 3 is 2.68 bits per heavy atom. The number of aromatic nitrogens is 2. The van der Waals surface area contributed by atoms with Gasteiger partial charge in [-0.3, -0.25) is 0 Å². The molecule has 0 amide bonds. The van der Waals surface area contributed by atoms with Gasteiger partial charge in [-0.2, -0.15) is 4.98 Å². The Balaban J connectivity index is 1.95. The number of methoxy groups -OCH3 is 1. The SMILES string of the molecule is CCCNc1cc(C)nc(NCCc2ccccc2OC)n1. The summed E-state index contributed by atoms with van der Waals surface area (Å²) >= 11 is 0. The Kier molecular flexibility index (Phi) is 6.01. The Morgan fingerprint density at radius 2 is 1.91 bits per heavy atom. The van der Waals surface area contributed by atoms with E-state index in [0.29, 0.717) is 5.95 Å². The number of benzene rings is 1. The van der Waals surface area contributed by atoms with Crippen LogP contribution < -0.4 is 15.4 Å². The van der Waals surface area contributed by atoms with E-state index in [4.69, 9.17) is 4.74 Å². The van der Waals surface area contributed by atoms with Crippen LogP contribution in [0.4, 0.5) is 11.8 Å². The molecule has 2 rings (SSSR count). The van der Waals surface area contributed by atoms with E-state index < -0.39 is 0 Å². The first-order valence-electron chi connectivity index (χ1n) is 7.68. The zero-order valence-electron chi connectivity index (χ0n) is 13.5. The van der Waals surface area contributed by atoms with E-state index in [1.54, 1.807) is 7.11 Å². The van der Waals surface area contributed by atoms with E-state index in [9.17, 15) is 0 Å². The molecule has 0 aliphatic rings. The summed E-state index contributed by atoms with van der Waals surface area (Å²) in [6, 6.07) is 10.0. The standard InChI is InChI=1S/C17H24N4O/c1-4-10-18-16-12-13(2)20-17(21-16)19-11-9-14-7-5-6-8-15(14)22-3/h5-8,12H,4,9-11H2,1-3H3,(H2,18,19,20,21). The number of rotatable bonds is 8. The molecule has 5 heteroatoms. The van der Waals surface area contributed by atoms with Gasteiger partial charge in [0.05, 0.1) is 7.11 Å². The van der Waals surface area contributed by atoms with Gasteiger partial charge in [0.2, 0.25) is 5.95 Å². The smallest absolute Gasteiger partial charge is 0.224 e. The summed E-state index contributed by atoms with van der Waals surface area (Å²) in [6.07, 6.45) is 1.93. The average Bonchev–Trinajstić information content (AvgIpc) is 2.53. The molecule has 0 atom stereocenters. The van der Waals surface area contributed by atoms with Crippen molar-refractivity contribution in [2.24, 2.45) is 0 Å². The molecule has 0 radical (unpaired) electrons. The van der Waals surface area contributed by atoms with Gasteiger partial charge in [-0.05, 0) is 31.4 Å². The largest absolute Gasteiger partial charge is 0.496 e. The van der Waals surface area contributed by atoms with Crippen LogP contribution in [0.25, 0.3) is 0 Å². The molecule has 0 aliphatic carbocycles. The first-order chi connectivity index (χ1) is 10.7. The summed E-state index contributed by atoms with van der Waals surface area (Å²) in [4.78, 5) is 8.90. The van der Waals surface area contributed by atoms with Crippen LogP contribution in [0.5, 0.6) is 5.75 Å². The molecule has 1 aromatic heterocycles. The van der Waals surface area contributed by atoms with Crippen LogP contribution in [0, 0.1) is 6.92 Å². The van der Waals surface area contributed by atoms with Crippen molar-refractivity contribution in [3.05, 3.63) is 41.6 Å². The number of nitrogens with one attached hydrogen (secondary N) is 2. The van der Waals surface area contributed by atoms with Crippen LogP contribution in [-0.4, -0.2) is 30.2 Å². The van der Waals surface area contributed by atoms with Gasteiger partial charge in [0, 0.05) is 24.8 Å². The maximum absolute atomic E-state index is 5.36. The van der Waals surface area contributed by atoms with Gasteiger partial charge in [0.15, 0.2) is 0 Å². The fraction of sp³-hybridized carbons (Fsp3) is 0.412. The van der Waals surface area contributed by atoms with Crippen LogP contribution >= 0.6 is 0 Å². The van der Waals surface area contributed by atoms with Crippen molar-refractivity contribution < 1.29 is 4.74 Å². The second kappa shape index (κ2) is 8.22. The van der Waals surface area contributed by atoms with Gasteiger partial charge in [0.1, 0.15) is 11.6 Å². The Morgan fingerprint density at radius 1 is 1.09 bits per heavy atom. The molecule has 2 N–H and O–H groups in total. The number of hydrogen-bond acceptors (Lipinski definition) is 5. The molecule has 0 spiro atoms. The molecule has 0 aliphatic heterocycles. The summed E-state index contributed by atoms with van der Waals surface area (Å²) in [5, 5.41) is 6.58. The molecule has 0 saturated heterocycles. The highest BCUT2D eigenvalue weighted by molar-refractivity contribution is 5.42. The molecule has 22 heavy (non-hydrogen) atoms. The highest BCUT2D eigenvalue weighted by atomic mass is 16.5. The number of anilines is 2. The highest BCUT2D eigenvalue weighted by Crippen LogP contribution is 2.18. The van der Waals surface area contributed by atoms with Gasteiger partial charge in [-0.15, -0.1) is 0 Å². The molecule has 0 fully saturated rings. The predicted molar refractivity (Wildman–Crippen MR) is 90.7 cm³/mol. The summed E-state index contributed by atoms with van der Waals surface area (Å²) in [7, 11) is 1.70. The third kappa shape index (κ3) is 4.62. The maximum atomic E-state index is 5.36. The minimum atomic E-state index is 0.661. The minimum Gasteiger partial charge on any atom is -0.496 e. The van der Waals surface area contributed by atoms with Crippen LogP contribution in [-0.2, 0) is 6.42 Å². The van der Waals surface area contributed by atoms with Gasteiger partial charge >= 0.3 is 0 Å². The van der Waals surface area contributed by atoms with Gasteiger partial charge in [-0.1, -0.05) is 25.1 Å². The lowest BCUT2D eigenvalue weighted by Crippen LogP contribution is -2.11.